The molecule has 0 spiro atoms. The number of pyridine rings is 1. The Bertz CT molecular complexity index is 777. The summed E-state index contributed by atoms with van der Waals surface area (Å²) in [5.74, 6) is 0. The van der Waals surface area contributed by atoms with Gasteiger partial charge in [-0.25, -0.2) is 8.42 Å². The van der Waals surface area contributed by atoms with Gasteiger partial charge >= 0.3 is 0 Å². The Labute approximate surface area is 155 Å². The number of aromatic nitrogens is 1. The third-order valence-corrected chi connectivity index (χ3v) is 7.93. The van der Waals surface area contributed by atoms with Crippen molar-refractivity contribution in [3.05, 3.63) is 45.5 Å². The minimum Gasteiger partial charge on any atom is -0.371 e. The minimum atomic E-state index is -3.59. The Hall–Kier alpha value is -0.700. The molecule has 1 aliphatic rings. The number of sulfonamides is 1. The van der Waals surface area contributed by atoms with Gasteiger partial charge < -0.3 is 4.74 Å². The van der Waals surface area contributed by atoms with Crippen molar-refractivity contribution in [3.8, 4) is 0 Å². The summed E-state index contributed by atoms with van der Waals surface area (Å²) in [6.45, 7) is 1.16. The zero-order valence-corrected chi connectivity index (χ0v) is 15.8. The maximum Gasteiger partial charge on any atom is 0.252 e. The predicted molar refractivity (Wildman–Crippen MR) is 95.1 cm³/mol. The number of nitrogens with zero attached hydrogens (tertiary/aromatic N) is 2. The average molecular weight is 407 g/mol. The quantitative estimate of drug-likeness (QED) is 0.756. The first-order valence-corrected chi connectivity index (χ1v) is 10.4. The van der Waals surface area contributed by atoms with E-state index >= 15 is 0 Å². The number of rotatable bonds is 5. The molecule has 3 rings (SSSR count). The van der Waals surface area contributed by atoms with Crippen LogP contribution in [0.5, 0.6) is 0 Å². The molecule has 0 N–H and O–H groups in total. The van der Waals surface area contributed by atoms with Gasteiger partial charge in [-0.1, -0.05) is 29.3 Å². The smallest absolute Gasteiger partial charge is 0.252 e. The summed E-state index contributed by atoms with van der Waals surface area (Å²) >= 11 is 12.8. The van der Waals surface area contributed by atoms with Crippen LogP contribution in [-0.2, 0) is 21.4 Å². The van der Waals surface area contributed by atoms with Gasteiger partial charge in [0.25, 0.3) is 10.0 Å². The molecule has 0 amide bonds. The first-order chi connectivity index (χ1) is 11.5. The number of halogens is 2. The second-order valence-electron chi connectivity index (χ2n) is 5.45. The number of thiophene rings is 1. The Balaban J connectivity index is 1.66. The van der Waals surface area contributed by atoms with Gasteiger partial charge in [-0.15, -0.1) is 11.3 Å². The molecular weight excluding hydrogens is 391 g/mol. The molecule has 0 radical (unpaired) electrons. The van der Waals surface area contributed by atoms with Crippen LogP contribution in [0.15, 0.2) is 34.7 Å². The number of piperidine rings is 1. The Morgan fingerprint density at radius 3 is 2.88 bits per heavy atom. The lowest BCUT2D eigenvalue weighted by Gasteiger charge is -2.31. The molecule has 1 fully saturated rings. The number of hydrogen-bond donors (Lipinski definition) is 0. The monoisotopic (exact) mass is 406 g/mol. The van der Waals surface area contributed by atoms with Gasteiger partial charge in [-0.05, 0) is 31.0 Å². The summed E-state index contributed by atoms with van der Waals surface area (Å²) in [4.78, 5) is 4.21. The van der Waals surface area contributed by atoms with Gasteiger partial charge in [0.2, 0.25) is 0 Å². The van der Waals surface area contributed by atoms with Gasteiger partial charge in [0.1, 0.15) is 8.55 Å². The third kappa shape index (κ3) is 4.09. The van der Waals surface area contributed by atoms with Crippen LogP contribution in [0.3, 0.4) is 0 Å². The minimum absolute atomic E-state index is 0.151. The zero-order valence-electron chi connectivity index (χ0n) is 12.7. The predicted octanol–water partition coefficient (Wildman–Crippen LogP) is 3.82. The van der Waals surface area contributed by atoms with E-state index in [2.05, 4.69) is 4.98 Å². The molecule has 9 heteroatoms. The SMILES string of the molecule is O=S(=O)(c1cc(Cl)c(Cl)s1)N1CCCC(OCc2ccccn2)C1. The summed E-state index contributed by atoms with van der Waals surface area (Å²) in [5, 5.41) is 0.264. The largest absolute Gasteiger partial charge is 0.371 e. The second kappa shape index (κ2) is 7.68. The van der Waals surface area contributed by atoms with Crippen molar-refractivity contribution in [2.24, 2.45) is 0 Å². The second-order valence-corrected chi connectivity index (χ2v) is 9.67. The summed E-state index contributed by atoms with van der Waals surface area (Å²) < 4.78 is 33.2. The first kappa shape index (κ1) is 18.1. The van der Waals surface area contributed by atoms with Gasteiger partial charge in [-0.3, -0.25) is 4.98 Å². The highest BCUT2D eigenvalue weighted by Gasteiger charge is 2.32. The molecule has 0 bridgehead atoms. The molecule has 130 valence electrons. The fourth-order valence-electron chi connectivity index (χ4n) is 2.53. The molecule has 2 aromatic rings. The van der Waals surface area contributed by atoms with E-state index in [-0.39, 0.29) is 19.7 Å². The molecule has 0 aliphatic carbocycles. The lowest BCUT2D eigenvalue weighted by Crippen LogP contribution is -2.42. The Morgan fingerprint density at radius 1 is 1.38 bits per heavy atom. The van der Waals surface area contributed by atoms with Crippen molar-refractivity contribution in [2.45, 2.75) is 29.8 Å². The standard InChI is InChI=1S/C15H16Cl2N2O3S2/c16-13-8-14(23-15(13)17)24(20,21)19-7-3-5-12(9-19)22-10-11-4-1-2-6-18-11/h1-2,4,6,8,12H,3,5,7,9-10H2. The van der Waals surface area contributed by atoms with E-state index in [9.17, 15) is 8.42 Å². The van der Waals surface area contributed by atoms with Crippen molar-refractivity contribution in [1.29, 1.82) is 0 Å². The maximum absolute atomic E-state index is 12.7. The summed E-state index contributed by atoms with van der Waals surface area (Å²) in [7, 11) is -3.59. The molecule has 1 atom stereocenters. The Kier molecular flexibility index (Phi) is 5.79. The fourth-order valence-corrected chi connectivity index (χ4v) is 6.07. The van der Waals surface area contributed by atoms with E-state index < -0.39 is 10.0 Å². The zero-order chi connectivity index (χ0) is 17.2. The molecule has 5 nitrogen and oxygen atoms in total. The first-order valence-electron chi connectivity index (χ1n) is 7.43. The third-order valence-electron chi connectivity index (χ3n) is 3.75. The summed E-state index contributed by atoms with van der Waals surface area (Å²) in [6.07, 6.45) is 3.13. The molecule has 0 saturated carbocycles. The molecule has 1 aliphatic heterocycles. The van der Waals surface area contributed by atoms with E-state index in [0.717, 1.165) is 29.9 Å². The van der Waals surface area contributed by atoms with Crippen LogP contribution in [0.2, 0.25) is 9.36 Å². The van der Waals surface area contributed by atoms with Gasteiger partial charge in [-0.2, -0.15) is 4.31 Å². The summed E-state index contributed by atoms with van der Waals surface area (Å²) in [6, 6.07) is 7.03. The van der Waals surface area contributed by atoms with Crippen molar-refractivity contribution in [2.75, 3.05) is 13.1 Å². The van der Waals surface area contributed by atoms with E-state index in [0.29, 0.717) is 19.7 Å². The lowest BCUT2D eigenvalue weighted by atomic mass is 10.1. The van der Waals surface area contributed by atoms with Crippen LogP contribution in [-0.4, -0.2) is 36.9 Å². The molecule has 1 saturated heterocycles. The summed E-state index contributed by atoms with van der Waals surface area (Å²) in [5.41, 5.74) is 0.828. The molecule has 24 heavy (non-hydrogen) atoms. The maximum atomic E-state index is 12.7. The van der Waals surface area contributed by atoms with E-state index in [4.69, 9.17) is 27.9 Å². The normalized spacial score (nSPS) is 19.5. The van der Waals surface area contributed by atoms with Crippen LogP contribution in [0.1, 0.15) is 18.5 Å². The van der Waals surface area contributed by atoms with Gasteiger partial charge in [0.15, 0.2) is 0 Å². The van der Waals surface area contributed by atoms with Crippen LogP contribution in [0.25, 0.3) is 0 Å². The number of ether oxygens (including phenoxy) is 1. The highest BCUT2D eigenvalue weighted by molar-refractivity contribution is 7.91. The van der Waals surface area contributed by atoms with Crippen molar-refractivity contribution >= 4 is 44.6 Å². The molecular formula is C15H16Cl2N2O3S2. The highest BCUT2D eigenvalue weighted by Crippen LogP contribution is 2.36. The van der Waals surface area contributed by atoms with E-state index in [1.165, 1.54) is 10.4 Å². The molecule has 3 heterocycles. The van der Waals surface area contributed by atoms with E-state index in [1.54, 1.807) is 6.20 Å². The van der Waals surface area contributed by atoms with Crippen molar-refractivity contribution in [3.63, 3.8) is 0 Å². The Morgan fingerprint density at radius 2 is 2.21 bits per heavy atom. The van der Waals surface area contributed by atoms with Gasteiger partial charge in [0, 0.05) is 19.3 Å². The topological polar surface area (TPSA) is 59.5 Å². The average Bonchev–Trinajstić information content (AvgIpc) is 2.94. The molecule has 0 aromatic carbocycles. The van der Waals surface area contributed by atoms with Crippen LogP contribution < -0.4 is 0 Å². The van der Waals surface area contributed by atoms with Crippen molar-refractivity contribution < 1.29 is 13.2 Å². The molecule has 2 aromatic heterocycles. The van der Waals surface area contributed by atoms with Crippen molar-refractivity contribution in [1.82, 2.24) is 9.29 Å². The van der Waals surface area contributed by atoms with E-state index in [1.807, 2.05) is 18.2 Å². The van der Waals surface area contributed by atoms with Crippen LogP contribution >= 0.6 is 34.5 Å². The van der Waals surface area contributed by atoms with Crippen LogP contribution in [0.4, 0.5) is 0 Å². The van der Waals surface area contributed by atoms with Gasteiger partial charge in [0.05, 0.1) is 23.4 Å². The lowest BCUT2D eigenvalue weighted by molar-refractivity contribution is 0.00669. The fraction of sp³-hybridized carbons (Fsp3) is 0.400. The highest BCUT2D eigenvalue weighted by atomic mass is 35.5. The van der Waals surface area contributed by atoms with Crippen LogP contribution in [0, 0.1) is 0 Å². The number of hydrogen-bond acceptors (Lipinski definition) is 5. The molecule has 1 unspecified atom stereocenters.